The largest absolute Gasteiger partial charge is 0.373 e. The molecule has 116 valence electrons. The van der Waals surface area contributed by atoms with Gasteiger partial charge >= 0.3 is 0 Å². The highest BCUT2D eigenvalue weighted by Crippen LogP contribution is 2.27. The number of hydrogen-bond donors (Lipinski definition) is 2. The predicted octanol–water partition coefficient (Wildman–Crippen LogP) is 1.04. The molecule has 1 aliphatic carbocycles. The molecule has 2 unspecified atom stereocenters. The number of guanidine groups is 1. The molecule has 5 nitrogen and oxygen atoms in total. The van der Waals surface area contributed by atoms with Crippen molar-refractivity contribution in [1.29, 1.82) is 0 Å². The summed E-state index contributed by atoms with van der Waals surface area (Å²) in [4.78, 5) is 6.84. The van der Waals surface area contributed by atoms with Gasteiger partial charge < -0.3 is 15.4 Å². The zero-order valence-electron chi connectivity index (χ0n) is 12.3. The number of fused-ring (bicyclic) bond motifs is 1. The molecular formula is C14H27IN4O. The van der Waals surface area contributed by atoms with Gasteiger partial charge in [0.25, 0.3) is 0 Å². The van der Waals surface area contributed by atoms with E-state index in [0.717, 1.165) is 38.1 Å². The van der Waals surface area contributed by atoms with Crippen LogP contribution in [0.4, 0.5) is 0 Å². The molecular weight excluding hydrogens is 367 g/mol. The van der Waals surface area contributed by atoms with Gasteiger partial charge in [0.15, 0.2) is 5.96 Å². The van der Waals surface area contributed by atoms with Gasteiger partial charge in [-0.2, -0.15) is 0 Å². The fraction of sp³-hybridized carbons (Fsp3) is 0.929. The van der Waals surface area contributed by atoms with E-state index in [1.807, 2.05) is 7.05 Å². The number of hydrogen-bond acceptors (Lipinski definition) is 3. The van der Waals surface area contributed by atoms with Crippen LogP contribution in [0.25, 0.3) is 0 Å². The third-order valence-corrected chi connectivity index (χ3v) is 4.44. The lowest BCUT2D eigenvalue weighted by Crippen LogP contribution is -2.51. The molecule has 0 aromatic rings. The summed E-state index contributed by atoms with van der Waals surface area (Å²) < 4.78 is 5.94. The Morgan fingerprint density at radius 2 is 2.05 bits per heavy atom. The van der Waals surface area contributed by atoms with E-state index in [4.69, 9.17) is 4.74 Å². The monoisotopic (exact) mass is 394 g/mol. The summed E-state index contributed by atoms with van der Waals surface area (Å²) in [5.41, 5.74) is 0. The summed E-state index contributed by atoms with van der Waals surface area (Å²) in [6.07, 6.45) is 5.68. The van der Waals surface area contributed by atoms with Crippen LogP contribution in [0.3, 0.4) is 0 Å². The maximum atomic E-state index is 5.94. The zero-order valence-corrected chi connectivity index (χ0v) is 14.6. The van der Waals surface area contributed by atoms with Gasteiger partial charge in [-0.25, -0.2) is 0 Å². The minimum Gasteiger partial charge on any atom is -0.373 e. The number of ether oxygens (including phenoxy) is 1. The fourth-order valence-corrected chi connectivity index (χ4v) is 3.00. The molecule has 20 heavy (non-hydrogen) atoms. The van der Waals surface area contributed by atoms with E-state index in [9.17, 15) is 0 Å². The lowest BCUT2D eigenvalue weighted by Gasteiger charge is -2.35. The Hall–Kier alpha value is -0.0800. The minimum atomic E-state index is 0. The highest BCUT2D eigenvalue weighted by molar-refractivity contribution is 14.0. The number of nitrogens with one attached hydrogen (secondary N) is 2. The smallest absolute Gasteiger partial charge is 0.191 e. The van der Waals surface area contributed by atoms with E-state index in [0.29, 0.717) is 12.1 Å². The van der Waals surface area contributed by atoms with Crippen LogP contribution in [0, 0.1) is 5.92 Å². The zero-order chi connectivity index (χ0) is 13.1. The number of nitrogens with zero attached hydrogens (tertiary/aromatic N) is 2. The minimum absolute atomic E-state index is 0. The first-order chi connectivity index (χ1) is 9.35. The maximum absolute atomic E-state index is 5.94. The second-order valence-electron chi connectivity index (χ2n) is 6.02. The molecule has 3 fully saturated rings. The molecule has 1 saturated carbocycles. The number of halogens is 1. The van der Waals surface area contributed by atoms with Crippen LogP contribution in [0.2, 0.25) is 0 Å². The van der Waals surface area contributed by atoms with Gasteiger partial charge in [0, 0.05) is 32.7 Å². The van der Waals surface area contributed by atoms with Crippen molar-refractivity contribution in [1.82, 2.24) is 15.5 Å². The van der Waals surface area contributed by atoms with E-state index in [-0.39, 0.29) is 24.0 Å². The van der Waals surface area contributed by atoms with Crippen LogP contribution in [0.15, 0.2) is 4.99 Å². The van der Waals surface area contributed by atoms with Gasteiger partial charge in [-0.3, -0.25) is 9.89 Å². The average molecular weight is 394 g/mol. The number of rotatable bonds is 4. The van der Waals surface area contributed by atoms with Gasteiger partial charge in [-0.15, -0.1) is 24.0 Å². The Kier molecular flexibility index (Phi) is 6.35. The molecule has 0 aromatic carbocycles. The standard InChI is InChI=1S/C14H26N4O.HI/c1-15-14(16-7-11-4-5-11)17-8-13-9-18-6-2-3-12(18)10-19-13;/h11-13H,2-10H2,1H3,(H2,15,16,17);1H. The summed E-state index contributed by atoms with van der Waals surface area (Å²) in [7, 11) is 1.83. The summed E-state index contributed by atoms with van der Waals surface area (Å²) in [6, 6.07) is 0.684. The molecule has 2 N–H and O–H groups in total. The number of morpholine rings is 1. The van der Waals surface area contributed by atoms with Crippen molar-refractivity contribution >= 4 is 29.9 Å². The van der Waals surface area contributed by atoms with Crippen molar-refractivity contribution in [2.24, 2.45) is 10.9 Å². The lowest BCUT2D eigenvalue weighted by molar-refractivity contribution is -0.0453. The average Bonchev–Trinajstić information content (AvgIpc) is 3.15. The van der Waals surface area contributed by atoms with Crippen molar-refractivity contribution in [3.05, 3.63) is 0 Å². The first-order valence-electron chi connectivity index (χ1n) is 7.65. The van der Waals surface area contributed by atoms with Crippen LogP contribution < -0.4 is 10.6 Å². The third kappa shape index (κ3) is 4.46. The van der Waals surface area contributed by atoms with Crippen LogP contribution in [0.1, 0.15) is 25.7 Å². The van der Waals surface area contributed by atoms with Gasteiger partial charge in [-0.1, -0.05) is 0 Å². The molecule has 0 aromatic heterocycles. The van der Waals surface area contributed by atoms with E-state index < -0.39 is 0 Å². The Labute approximate surface area is 138 Å². The lowest BCUT2D eigenvalue weighted by atomic mass is 10.2. The normalized spacial score (nSPS) is 30.6. The Bertz CT molecular complexity index is 335. The van der Waals surface area contributed by atoms with Crippen molar-refractivity contribution in [3.63, 3.8) is 0 Å². The van der Waals surface area contributed by atoms with Crippen LogP contribution in [-0.4, -0.2) is 62.8 Å². The number of aliphatic imine (C=N–C) groups is 1. The topological polar surface area (TPSA) is 48.9 Å². The first kappa shape index (κ1) is 16.3. The third-order valence-electron chi connectivity index (χ3n) is 4.44. The highest BCUT2D eigenvalue weighted by Gasteiger charge is 2.32. The molecule has 2 atom stereocenters. The van der Waals surface area contributed by atoms with Crippen molar-refractivity contribution in [3.8, 4) is 0 Å². The summed E-state index contributed by atoms with van der Waals surface area (Å²) in [5, 5.41) is 6.78. The Morgan fingerprint density at radius 1 is 1.25 bits per heavy atom. The predicted molar refractivity (Wildman–Crippen MR) is 91.8 cm³/mol. The summed E-state index contributed by atoms with van der Waals surface area (Å²) >= 11 is 0. The quantitative estimate of drug-likeness (QED) is 0.425. The SMILES string of the molecule is CN=C(NCC1CC1)NCC1CN2CCCC2CO1.I. The molecule has 0 bridgehead atoms. The molecule has 0 spiro atoms. The van der Waals surface area contributed by atoms with Crippen LogP contribution in [-0.2, 0) is 4.74 Å². The molecule has 2 heterocycles. The molecule has 6 heteroatoms. The van der Waals surface area contributed by atoms with E-state index in [2.05, 4.69) is 20.5 Å². The van der Waals surface area contributed by atoms with Crippen LogP contribution in [0.5, 0.6) is 0 Å². The molecule has 3 rings (SSSR count). The molecule has 0 radical (unpaired) electrons. The van der Waals surface area contributed by atoms with E-state index in [1.54, 1.807) is 0 Å². The maximum Gasteiger partial charge on any atom is 0.191 e. The van der Waals surface area contributed by atoms with Crippen molar-refractivity contribution in [2.45, 2.75) is 37.8 Å². The van der Waals surface area contributed by atoms with Gasteiger partial charge in [0.05, 0.1) is 12.7 Å². The van der Waals surface area contributed by atoms with Gasteiger partial charge in [-0.05, 0) is 38.1 Å². The second-order valence-corrected chi connectivity index (χ2v) is 6.02. The molecule has 0 amide bonds. The van der Waals surface area contributed by atoms with E-state index in [1.165, 1.54) is 32.2 Å². The van der Waals surface area contributed by atoms with Crippen molar-refractivity contribution < 1.29 is 4.74 Å². The van der Waals surface area contributed by atoms with Gasteiger partial charge in [0.2, 0.25) is 0 Å². The second kappa shape index (κ2) is 7.79. The van der Waals surface area contributed by atoms with E-state index >= 15 is 0 Å². The molecule has 2 saturated heterocycles. The molecule has 2 aliphatic heterocycles. The fourth-order valence-electron chi connectivity index (χ4n) is 3.00. The van der Waals surface area contributed by atoms with Gasteiger partial charge in [0.1, 0.15) is 0 Å². The highest BCUT2D eigenvalue weighted by atomic mass is 127. The Morgan fingerprint density at radius 3 is 2.80 bits per heavy atom. The summed E-state index contributed by atoms with van der Waals surface area (Å²) in [6.45, 7) is 5.13. The van der Waals surface area contributed by atoms with Crippen molar-refractivity contribution in [2.75, 3.05) is 39.8 Å². The first-order valence-corrected chi connectivity index (χ1v) is 7.65. The van der Waals surface area contributed by atoms with Crippen LogP contribution >= 0.6 is 24.0 Å². The summed E-state index contributed by atoms with van der Waals surface area (Å²) in [5.74, 6) is 1.79. The Balaban J connectivity index is 0.00000147. The molecule has 3 aliphatic rings.